The van der Waals surface area contributed by atoms with Crippen molar-refractivity contribution in [2.24, 2.45) is 0 Å². The summed E-state index contributed by atoms with van der Waals surface area (Å²) >= 11 is 0. The lowest BCUT2D eigenvalue weighted by atomic mass is 10.0. The first-order chi connectivity index (χ1) is 15.5. The number of anilines is 1. The van der Waals surface area contributed by atoms with Crippen molar-refractivity contribution in [3.63, 3.8) is 0 Å². The number of benzene rings is 3. The highest BCUT2D eigenvalue weighted by Gasteiger charge is 2.40. The van der Waals surface area contributed by atoms with E-state index in [4.69, 9.17) is 9.47 Å². The van der Waals surface area contributed by atoms with Gasteiger partial charge in [0.25, 0.3) is 11.8 Å². The molecule has 1 aliphatic rings. The number of carbonyl (C=O) groups excluding carboxylic acids is 2. The fourth-order valence-electron chi connectivity index (χ4n) is 3.65. The highest BCUT2D eigenvalue weighted by Crippen LogP contribution is 2.36. The van der Waals surface area contributed by atoms with Crippen molar-refractivity contribution in [3.8, 4) is 11.5 Å². The van der Waals surface area contributed by atoms with E-state index in [1.54, 1.807) is 42.5 Å². The van der Waals surface area contributed by atoms with E-state index in [9.17, 15) is 14.0 Å². The van der Waals surface area contributed by atoms with Gasteiger partial charge in [-0.15, -0.1) is 0 Å². The third-order valence-electron chi connectivity index (χ3n) is 5.16. The molecule has 32 heavy (non-hydrogen) atoms. The molecule has 3 aromatic carbocycles. The quantitative estimate of drug-likeness (QED) is 0.566. The second-order valence-electron chi connectivity index (χ2n) is 7.09. The summed E-state index contributed by atoms with van der Waals surface area (Å²) in [4.78, 5) is 28.0. The minimum atomic E-state index is -0.522. The monoisotopic (exact) mass is 432 g/mol. The van der Waals surface area contributed by atoms with Crippen molar-refractivity contribution in [3.05, 3.63) is 95.4 Å². The van der Waals surface area contributed by atoms with Crippen LogP contribution in [0.1, 0.15) is 11.1 Å². The first kappa shape index (κ1) is 21.1. The first-order valence-corrected chi connectivity index (χ1v) is 9.92. The van der Waals surface area contributed by atoms with Crippen molar-refractivity contribution in [2.75, 3.05) is 19.5 Å². The Balaban J connectivity index is 1.79. The van der Waals surface area contributed by atoms with Crippen LogP contribution in [0.15, 0.2) is 78.5 Å². The van der Waals surface area contributed by atoms with Gasteiger partial charge in [-0.25, -0.2) is 4.39 Å². The molecule has 162 valence electrons. The van der Waals surface area contributed by atoms with E-state index >= 15 is 0 Å². The Morgan fingerprint density at radius 2 is 1.53 bits per heavy atom. The maximum absolute atomic E-state index is 13.7. The topological polar surface area (TPSA) is 67.9 Å². The summed E-state index contributed by atoms with van der Waals surface area (Å²) < 4.78 is 24.5. The van der Waals surface area contributed by atoms with Gasteiger partial charge in [-0.3, -0.25) is 14.5 Å². The number of hydrogen-bond acceptors (Lipinski definition) is 5. The number of carbonyl (C=O) groups is 2. The summed E-state index contributed by atoms with van der Waals surface area (Å²) in [6.45, 7) is 0.0225. The van der Waals surface area contributed by atoms with Crippen LogP contribution in [0.5, 0.6) is 11.5 Å². The van der Waals surface area contributed by atoms with Gasteiger partial charge in [-0.05, 0) is 30.3 Å². The molecule has 0 bridgehead atoms. The van der Waals surface area contributed by atoms with E-state index in [0.29, 0.717) is 28.3 Å². The van der Waals surface area contributed by atoms with E-state index in [-0.39, 0.29) is 17.8 Å². The van der Waals surface area contributed by atoms with Crippen molar-refractivity contribution in [1.82, 2.24) is 4.90 Å². The molecule has 7 heteroatoms. The summed E-state index contributed by atoms with van der Waals surface area (Å²) in [5.41, 5.74) is 1.72. The molecular weight excluding hydrogens is 411 g/mol. The van der Waals surface area contributed by atoms with Gasteiger partial charge in [0.1, 0.15) is 23.0 Å². The Bertz CT molecular complexity index is 1220. The zero-order valence-corrected chi connectivity index (χ0v) is 17.6. The van der Waals surface area contributed by atoms with Gasteiger partial charge in [0.15, 0.2) is 0 Å². The summed E-state index contributed by atoms with van der Waals surface area (Å²) in [6.07, 6.45) is 0. The Labute approximate surface area is 184 Å². The van der Waals surface area contributed by atoms with Crippen LogP contribution in [-0.2, 0) is 16.1 Å². The number of imide groups is 1. The zero-order valence-electron chi connectivity index (χ0n) is 17.6. The summed E-state index contributed by atoms with van der Waals surface area (Å²) in [7, 11) is 3.02. The molecule has 1 aliphatic heterocycles. The van der Waals surface area contributed by atoms with Crippen molar-refractivity contribution in [1.29, 1.82) is 0 Å². The summed E-state index contributed by atoms with van der Waals surface area (Å²) in [5, 5.41) is 2.95. The van der Waals surface area contributed by atoms with Gasteiger partial charge in [-0.1, -0.05) is 42.5 Å². The van der Waals surface area contributed by atoms with Crippen LogP contribution >= 0.6 is 0 Å². The maximum Gasteiger partial charge on any atom is 0.278 e. The van der Waals surface area contributed by atoms with Crippen LogP contribution in [-0.4, -0.2) is 30.9 Å². The molecule has 1 heterocycles. The smallest absolute Gasteiger partial charge is 0.278 e. The Hall–Kier alpha value is -4.13. The van der Waals surface area contributed by atoms with Crippen LogP contribution in [0.3, 0.4) is 0 Å². The standard InChI is InChI=1S/C25H21FN2O4/c1-31-20-12-5-3-8-16(20)15-28-24(29)22(19-11-4-6-13-21(19)32-2)23(25(28)30)27-18-10-7-9-17(26)14-18/h3-14,27H,15H2,1-2H3. The number of hydrogen-bond donors (Lipinski definition) is 1. The second-order valence-corrected chi connectivity index (χ2v) is 7.09. The minimum Gasteiger partial charge on any atom is -0.496 e. The zero-order chi connectivity index (χ0) is 22.7. The molecule has 2 amide bonds. The fraction of sp³-hybridized carbons (Fsp3) is 0.120. The van der Waals surface area contributed by atoms with Gasteiger partial charge >= 0.3 is 0 Å². The average molecular weight is 432 g/mol. The molecule has 0 saturated carbocycles. The first-order valence-electron chi connectivity index (χ1n) is 9.92. The molecule has 0 spiro atoms. The molecule has 0 atom stereocenters. The molecule has 0 saturated heterocycles. The second kappa shape index (κ2) is 8.93. The lowest BCUT2D eigenvalue weighted by Gasteiger charge is -2.17. The molecule has 0 radical (unpaired) electrons. The maximum atomic E-state index is 13.7. The Morgan fingerprint density at radius 3 is 2.25 bits per heavy atom. The number of para-hydroxylation sites is 2. The molecule has 0 aliphatic carbocycles. The van der Waals surface area contributed by atoms with Gasteiger partial charge in [0.05, 0.1) is 26.3 Å². The molecule has 6 nitrogen and oxygen atoms in total. The molecule has 1 N–H and O–H groups in total. The highest BCUT2D eigenvalue weighted by molar-refractivity contribution is 6.36. The number of nitrogens with zero attached hydrogens (tertiary/aromatic N) is 1. The summed E-state index contributed by atoms with van der Waals surface area (Å²) in [6, 6.07) is 19.8. The third-order valence-corrected chi connectivity index (χ3v) is 5.16. The predicted octanol–water partition coefficient (Wildman–Crippen LogP) is 4.24. The number of halogens is 1. The largest absolute Gasteiger partial charge is 0.496 e. The highest BCUT2D eigenvalue weighted by atomic mass is 19.1. The molecule has 3 aromatic rings. The number of methoxy groups -OCH3 is 2. The molecule has 0 aromatic heterocycles. The van der Waals surface area contributed by atoms with Crippen LogP contribution < -0.4 is 14.8 Å². The van der Waals surface area contributed by atoms with Crippen molar-refractivity contribution >= 4 is 23.1 Å². The Morgan fingerprint density at radius 1 is 0.844 bits per heavy atom. The SMILES string of the molecule is COc1ccccc1CN1C(=O)C(Nc2cccc(F)c2)=C(c2ccccc2OC)C1=O. The number of amides is 2. The third kappa shape index (κ3) is 3.92. The van der Waals surface area contributed by atoms with E-state index in [0.717, 1.165) is 4.90 Å². The predicted molar refractivity (Wildman–Crippen MR) is 118 cm³/mol. The molecular formula is C25H21FN2O4. The molecule has 0 fully saturated rings. The van der Waals surface area contributed by atoms with E-state index in [2.05, 4.69) is 5.32 Å². The van der Waals surface area contributed by atoms with Crippen molar-refractivity contribution < 1.29 is 23.5 Å². The van der Waals surface area contributed by atoms with Crippen LogP contribution in [0, 0.1) is 5.82 Å². The lowest BCUT2D eigenvalue weighted by molar-refractivity contribution is -0.137. The van der Waals surface area contributed by atoms with Crippen LogP contribution in [0.25, 0.3) is 5.57 Å². The van der Waals surface area contributed by atoms with Gasteiger partial charge in [0.2, 0.25) is 0 Å². The van der Waals surface area contributed by atoms with Crippen LogP contribution in [0.2, 0.25) is 0 Å². The van der Waals surface area contributed by atoms with Gasteiger partial charge in [-0.2, -0.15) is 0 Å². The normalized spacial score (nSPS) is 13.5. The van der Waals surface area contributed by atoms with Crippen molar-refractivity contribution in [2.45, 2.75) is 6.54 Å². The van der Waals surface area contributed by atoms with E-state index in [1.807, 2.05) is 12.1 Å². The molecule has 0 unspecified atom stereocenters. The number of rotatable bonds is 7. The van der Waals surface area contributed by atoms with E-state index < -0.39 is 17.6 Å². The summed E-state index contributed by atoms with van der Waals surface area (Å²) in [5.74, 6) is -0.452. The number of ether oxygens (including phenoxy) is 2. The minimum absolute atomic E-state index is 0.0225. The van der Waals surface area contributed by atoms with E-state index in [1.165, 1.54) is 32.4 Å². The number of nitrogens with one attached hydrogen (secondary N) is 1. The van der Waals surface area contributed by atoms with Gasteiger partial charge < -0.3 is 14.8 Å². The molecule has 4 rings (SSSR count). The Kier molecular flexibility index (Phi) is 5.89. The fourth-order valence-corrected chi connectivity index (χ4v) is 3.65. The van der Waals surface area contributed by atoms with Crippen LogP contribution in [0.4, 0.5) is 10.1 Å². The lowest BCUT2D eigenvalue weighted by Crippen LogP contribution is -2.32. The average Bonchev–Trinajstić information content (AvgIpc) is 3.03. The van der Waals surface area contributed by atoms with Gasteiger partial charge in [0, 0.05) is 16.8 Å².